The summed E-state index contributed by atoms with van der Waals surface area (Å²) in [5.74, 6) is 1.76. The topological polar surface area (TPSA) is 47.7 Å². The molecule has 0 aromatic heterocycles. The van der Waals surface area contributed by atoms with Crippen molar-refractivity contribution in [3.8, 4) is 11.5 Å². The standard InChI is InChI=1S/C19H24N2O2/c1-14-5-4-6-16(11-14)22-10-9-21-13-19(2,3)23-18-12-15(20)7-8-17(18)21/h4-8,11-12H,9-10,13,20H2,1-3H3. The van der Waals surface area contributed by atoms with E-state index in [9.17, 15) is 0 Å². The van der Waals surface area contributed by atoms with E-state index in [1.54, 1.807) is 0 Å². The summed E-state index contributed by atoms with van der Waals surface area (Å²) in [6, 6.07) is 14.0. The average molecular weight is 312 g/mol. The van der Waals surface area contributed by atoms with Gasteiger partial charge in [0.15, 0.2) is 0 Å². The van der Waals surface area contributed by atoms with Crippen LogP contribution in [0.1, 0.15) is 19.4 Å². The van der Waals surface area contributed by atoms with E-state index in [0.29, 0.717) is 6.61 Å². The van der Waals surface area contributed by atoms with Gasteiger partial charge < -0.3 is 20.1 Å². The van der Waals surface area contributed by atoms with E-state index < -0.39 is 0 Å². The van der Waals surface area contributed by atoms with Crippen LogP contribution in [0, 0.1) is 6.92 Å². The lowest BCUT2D eigenvalue weighted by Crippen LogP contribution is -2.48. The van der Waals surface area contributed by atoms with Crippen molar-refractivity contribution in [3.05, 3.63) is 48.0 Å². The molecule has 4 nitrogen and oxygen atoms in total. The van der Waals surface area contributed by atoms with Gasteiger partial charge >= 0.3 is 0 Å². The minimum absolute atomic E-state index is 0.246. The van der Waals surface area contributed by atoms with Crippen LogP contribution in [0.4, 0.5) is 11.4 Å². The molecule has 0 amide bonds. The van der Waals surface area contributed by atoms with Crippen LogP contribution in [0.3, 0.4) is 0 Å². The quantitative estimate of drug-likeness (QED) is 0.876. The highest BCUT2D eigenvalue weighted by atomic mass is 16.5. The van der Waals surface area contributed by atoms with E-state index in [-0.39, 0.29) is 5.60 Å². The molecular formula is C19H24N2O2. The number of anilines is 2. The van der Waals surface area contributed by atoms with Crippen molar-refractivity contribution < 1.29 is 9.47 Å². The summed E-state index contributed by atoms with van der Waals surface area (Å²) in [7, 11) is 0. The highest BCUT2D eigenvalue weighted by Crippen LogP contribution is 2.38. The Hall–Kier alpha value is -2.36. The maximum atomic E-state index is 6.05. The summed E-state index contributed by atoms with van der Waals surface area (Å²) < 4.78 is 11.9. The first-order valence-corrected chi connectivity index (χ1v) is 7.96. The zero-order chi connectivity index (χ0) is 16.4. The molecule has 1 aliphatic heterocycles. The van der Waals surface area contributed by atoms with E-state index >= 15 is 0 Å². The lowest BCUT2D eigenvalue weighted by atomic mass is 10.0. The molecule has 1 heterocycles. The zero-order valence-electron chi connectivity index (χ0n) is 14.0. The second-order valence-electron chi connectivity index (χ2n) is 6.68. The molecule has 0 unspecified atom stereocenters. The molecule has 23 heavy (non-hydrogen) atoms. The fraction of sp³-hybridized carbons (Fsp3) is 0.368. The van der Waals surface area contributed by atoms with Crippen molar-refractivity contribution in [3.63, 3.8) is 0 Å². The smallest absolute Gasteiger partial charge is 0.145 e. The largest absolute Gasteiger partial charge is 0.492 e. The monoisotopic (exact) mass is 312 g/mol. The molecule has 1 aliphatic rings. The normalized spacial score (nSPS) is 15.7. The number of nitrogen functional groups attached to an aromatic ring is 1. The van der Waals surface area contributed by atoms with E-state index in [1.165, 1.54) is 5.56 Å². The molecular weight excluding hydrogens is 288 g/mol. The molecule has 122 valence electrons. The van der Waals surface area contributed by atoms with Crippen molar-refractivity contribution in [2.75, 3.05) is 30.3 Å². The summed E-state index contributed by atoms with van der Waals surface area (Å²) in [6.07, 6.45) is 0. The molecule has 0 fully saturated rings. The third kappa shape index (κ3) is 3.70. The van der Waals surface area contributed by atoms with Gasteiger partial charge in [0.05, 0.1) is 18.8 Å². The van der Waals surface area contributed by atoms with Crippen LogP contribution < -0.4 is 20.1 Å². The minimum atomic E-state index is -0.246. The summed E-state index contributed by atoms with van der Waals surface area (Å²) in [4.78, 5) is 2.30. The second-order valence-corrected chi connectivity index (χ2v) is 6.68. The Kier molecular flexibility index (Phi) is 4.07. The lowest BCUT2D eigenvalue weighted by Gasteiger charge is -2.41. The Morgan fingerprint density at radius 2 is 2.04 bits per heavy atom. The van der Waals surface area contributed by atoms with Crippen LogP contribution in [0.25, 0.3) is 0 Å². The summed E-state index contributed by atoms with van der Waals surface area (Å²) in [5.41, 5.74) is 8.64. The Morgan fingerprint density at radius 1 is 1.22 bits per heavy atom. The molecule has 0 spiro atoms. The van der Waals surface area contributed by atoms with Crippen LogP contribution in [0.15, 0.2) is 42.5 Å². The Morgan fingerprint density at radius 3 is 2.83 bits per heavy atom. The van der Waals surface area contributed by atoms with E-state index in [1.807, 2.05) is 30.3 Å². The second kappa shape index (κ2) is 6.03. The van der Waals surface area contributed by atoms with Gasteiger partial charge in [0.25, 0.3) is 0 Å². The van der Waals surface area contributed by atoms with Crippen LogP contribution in [-0.4, -0.2) is 25.3 Å². The first kappa shape index (κ1) is 15.5. The highest BCUT2D eigenvalue weighted by Gasteiger charge is 2.31. The van der Waals surface area contributed by atoms with Crippen molar-refractivity contribution >= 4 is 11.4 Å². The first-order valence-electron chi connectivity index (χ1n) is 7.96. The summed E-state index contributed by atoms with van der Waals surface area (Å²) >= 11 is 0. The van der Waals surface area contributed by atoms with E-state index in [0.717, 1.165) is 36.0 Å². The fourth-order valence-electron chi connectivity index (χ4n) is 2.93. The van der Waals surface area contributed by atoms with Gasteiger partial charge in [-0.25, -0.2) is 0 Å². The molecule has 4 heteroatoms. The Balaban J connectivity index is 1.70. The van der Waals surface area contributed by atoms with Crippen molar-refractivity contribution in [1.82, 2.24) is 0 Å². The van der Waals surface area contributed by atoms with Gasteiger partial charge in [0.1, 0.15) is 23.7 Å². The molecule has 0 saturated heterocycles. The third-order valence-electron chi connectivity index (χ3n) is 3.90. The van der Waals surface area contributed by atoms with Crippen LogP contribution in [0.2, 0.25) is 0 Å². The maximum absolute atomic E-state index is 6.05. The molecule has 0 radical (unpaired) electrons. The van der Waals surface area contributed by atoms with Gasteiger partial charge in [-0.3, -0.25) is 0 Å². The number of nitrogens with zero attached hydrogens (tertiary/aromatic N) is 1. The highest BCUT2D eigenvalue weighted by molar-refractivity contribution is 5.65. The van der Waals surface area contributed by atoms with Gasteiger partial charge in [-0.2, -0.15) is 0 Å². The Bertz CT molecular complexity index is 698. The minimum Gasteiger partial charge on any atom is -0.492 e. The number of fused-ring (bicyclic) bond motifs is 1. The lowest BCUT2D eigenvalue weighted by molar-refractivity contribution is 0.104. The van der Waals surface area contributed by atoms with Crippen molar-refractivity contribution in [2.45, 2.75) is 26.4 Å². The van der Waals surface area contributed by atoms with Crippen molar-refractivity contribution in [2.24, 2.45) is 0 Å². The zero-order valence-corrected chi connectivity index (χ0v) is 14.0. The van der Waals surface area contributed by atoms with E-state index in [2.05, 4.69) is 37.8 Å². The molecule has 3 rings (SSSR count). The number of rotatable bonds is 4. The maximum Gasteiger partial charge on any atom is 0.145 e. The van der Waals surface area contributed by atoms with Crippen LogP contribution in [0.5, 0.6) is 11.5 Å². The van der Waals surface area contributed by atoms with Gasteiger partial charge in [-0.15, -0.1) is 0 Å². The van der Waals surface area contributed by atoms with Crippen LogP contribution >= 0.6 is 0 Å². The number of aryl methyl sites for hydroxylation is 1. The van der Waals surface area contributed by atoms with Crippen molar-refractivity contribution in [1.29, 1.82) is 0 Å². The molecule has 2 aromatic carbocycles. The first-order chi connectivity index (χ1) is 10.9. The molecule has 2 aromatic rings. The molecule has 0 bridgehead atoms. The SMILES string of the molecule is Cc1cccc(OCCN2CC(C)(C)Oc3cc(N)ccc32)c1. The number of hydrogen-bond donors (Lipinski definition) is 1. The predicted molar refractivity (Wildman–Crippen MR) is 94.4 cm³/mol. The Labute approximate surface area is 137 Å². The number of nitrogens with two attached hydrogens (primary N) is 1. The fourth-order valence-corrected chi connectivity index (χ4v) is 2.93. The molecule has 0 saturated carbocycles. The van der Waals surface area contributed by atoms with Gasteiger partial charge in [-0.1, -0.05) is 12.1 Å². The van der Waals surface area contributed by atoms with Crippen LogP contribution in [-0.2, 0) is 0 Å². The van der Waals surface area contributed by atoms with Gasteiger partial charge in [0, 0.05) is 11.8 Å². The molecule has 0 aliphatic carbocycles. The van der Waals surface area contributed by atoms with E-state index in [4.69, 9.17) is 15.2 Å². The molecule has 0 atom stereocenters. The number of ether oxygens (including phenoxy) is 2. The molecule has 2 N–H and O–H groups in total. The van der Waals surface area contributed by atoms with Gasteiger partial charge in [0.2, 0.25) is 0 Å². The summed E-state index contributed by atoms with van der Waals surface area (Å²) in [6.45, 7) is 8.50. The summed E-state index contributed by atoms with van der Waals surface area (Å²) in [5, 5.41) is 0. The third-order valence-corrected chi connectivity index (χ3v) is 3.90. The van der Waals surface area contributed by atoms with Gasteiger partial charge in [-0.05, 0) is 50.6 Å². The predicted octanol–water partition coefficient (Wildman–Crippen LogP) is 3.63. The number of benzene rings is 2. The number of hydrogen-bond acceptors (Lipinski definition) is 4. The average Bonchev–Trinajstić information content (AvgIpc) is 2.45.